The van der Waals surface area contributed by atoms with Gasteiger partial charge in [0.1, 0.15) is 5.69 Å². The van der Waals surface area contributed by atoms with Crippen molar-refractivity contribution in [3.05, 3.63) is 58.6 Å². The van der Waals surface area contributed by atoms with Crippen LogP contribution >= 0.6 is 0 Å². The quantitative estimate of drug-likeness (QED) is 0.727. The van der Waals surface area contributed by atoms with Crippen LogP contribution in [0.3, 0.4) is 0 Å². The molecule has 1 saturated heterocycles. The molecule has 3 heterocycles. The number of likely N-dealkylation sites (tertiary alicyclic amines) is 1. The van der Waals surface area contributed by atoms with E-state index in [1.807, 2.05) is 52.2 Å². The zero-order valence-corrected chi connectivity index (χ0v) is 14.9. The highest BCUT2D eigenvalue weighted by molar-refractivity contribution is 6.00. The Labute approximate surface area is 152 Å². The van der Waals surface area contributed by atoms with Gasteiger partial charge in [0.15, 0.2) is 0 Å². The molecule has 0 N–H and O–H groups in total. The van der Waals surface area contributed by atoms with Crippen molar-refractivity contribution in [3.63, 3.8) is 0 Å². The summed E-state index contributed by atoms with van der Waals surface area (Å²) in [5.74, 6) is -0.0318. The van der Waals surface area contributed by atoms with Crippen LogP contribution in [-0.4, -0.2) is 38.2 Å². The number of benzene rings is 1. The number of fused-ring (bicyclic) bond motifs is 1. The number of aromatic nitrogens is 3. The first-order valence-electron chi connectivity index (χ1n) is 9.16. The lowest BCUT2D eigenvalue weighted by molar-refractivity contribution is 0.0792. The minimum absolute atomic E-state index is 0.0318. The normalized spacial score (nSPS) is 14.3. The molecular weight excluding hydrogens is 328 g/mol. The van der Waals surface area contributed by atoms with Crippen LogP contribution in [0.15, 0.2) is 47.5 Å². The third-order valence-corrected chi connectivity index (χ3v) is 4.83. The molecule has 1 fully saturated rings. The minimum atomic E-state index is -0.188. The molecule has 26 heavy (non-hydrogen) atoms. The third kappa shape index (κ3) is 2.81. The Kier molecular flexibility index (Phi) is 4.32. The minimum Gasteiger partial charge on any atom is -0.353 e. The van der Waals surface area contributed by atoms with Gasteiger partial charge in [-0.1, -0.05) is 25.1 Å². The Balaban J connectivity index is 1.89. The molecule has 0 unspecified atom stereocenters. The van der Waals surface area contributed by atoms with Gasteiger partial charge in [0.25, 0.3) is 11.5 Å². The van der Waals surface area contributed by atoms with E-state index in [0.29, 0.717) is 22.5 Å². The van der Waals surface area contributed by atoms with E-state index in [2.05, 4.69) is 12.0 Å². The summed E-state index contributed by atoms with van der Waals surface area (Å²) in [7, 11) is 0. The van der Waals surface area contributed by atoms with Crippen molar-refractivity contribution in [2.45, 2.75) is 32.7 Å². The van der Waals surface area contributed by atoms with E-state index in [4.69, 9.17) is 0 Å². The highest BCUT2D eigenvalue weighted by Crippen LogP contribution is 2.25. The van der Waals surface area contributed by atoms with Gasteiger partial charge in [-0.15, -0.1) is 0 Å². The Bertz CT molecular complexity index is 952. The lowest BCUT2D eigenvalue weighted by Crippen LogP contribution is -2.29. The largest absolute Gasteiger partial charge is 0.353 e. The van der Waals surface area contributed by atoms with E-state index in [9.17, 15) is 9.59 Å². The van der Waals surface area contributed by atoms with Crippen LogP contribution in [0.2, 0.25) is 0 Å². The molecule has 0 aromatic heterocycles. The molecule has 0 spiro atoms. The summed E-state index contributed by atoms with van der Waals surface area (Å²) in [5.41, 5.74) is 2.02. The average molecular weight is 350 g/mol. The van der Waals surface area contributed by atoms with Gasteiger partial charge < -0.3 is 9.47 Å². The predicted molar refractivity (Wildman–Crippen MR) is 99.9 cm³/mol. The van der Waals surface area contributed by atoms with Crippen molar-refractivity contribution >= 4 is 5.91 Å². The van der Waals surface area contributed by atoms with Gasteiger partial charge in [-0.3, -0.25) is 9.59 Å². The van der Waals surface area contributed by atoms with E-state index in [-0.39, 0.29) is 11.5 Å². The molecule has 1 aromatic rings. The summed E-state index contributed by atoms with van der Waals surface area (Å²) in [6.07, 6.45) is 6.64. The maximum Gasteiger partial charge on any atom is 0.282 e. The molecule has 0 bridgehead atoms. The molecule has 4 rings (SSSR count). The van der Waals surface area contributed by atoms with E-state index < -0.39 is 0 Å². The van der Waals surface area contributed by atoms with Gasteiger partial charge in [0, 0.05) is 32.0 Å². The van der Waals surface area contributed by atoms with Gasteiger partial charge in [0.05, 0.1) is 16.8 Å². The molecule has 3 aliphatic rings. The number of hydrogen-bond acceptors (Lipinski definition) is 3. The first kappa shape index (κ1) is 16.6. The second-order valence-electron chi connectivity index (χ2n) is 6.72. The summed E-state index contributed by atoms with van der Waals surface area (Å²) in [5, 5.41) is 4.52. The number of rotatable bonds is 4. The number of aryl methyl sites for hydroxylation is 1. The van der Waals surface area contributed by atoms with Crippen molar-refractivity contribution in [1.82, 2.24) is 19.2 Å². The van der Waals surface area contributed by atoms with Crippen LogP contribution in [-0.2, 0) is 6.54 Å². The average Bonchev–Trinajstić information content (AvgIpc) is 3.31. The SMILES string of the molecule is CCCn1cc(C(=O)N2CCCC2)c2nn(-c3ccccc3)c(=O)c-2c1. The number of carbonyl (C=O) groups excluding carboxylic acids is 1. The second kappa shape index (κ2) is 6.78. The monoisotopic (exact) mass is 350 g/mol. The molecular formula is C20H22N4O2. The van der Waals surface area contributed by atoms with Crippen molar-refractivity contribution < 1.29 is 4.79 Å². The van der Waals surface area contributed by atoms with E-state index in [0.717, 1.165) is 38.9 Å². The molecule has 134 valence electrons. The highest BCUT2D eigenvalue weighted by atomic mass is 16.2. The van der Waals surface area contributed by atoms with E-state index in [1.165, 1.54) is 4.68 Å². The second-order valence-corrected chi connectivity index (χ2v) is 6.72. The Morgan fingerprint density at radius 3 is 2.54 bits per heavy atom. The zero-order chi connectivity index (χ0) is 18.1. The van der Waals surface area contributed by atoms with Crippen LogP contribution in [0, 0.1) is 0 Å². The number of amides is 1. The van der Waals surface area contributed by atoms with E-state index in [1.54, 1.807) is 0 Å². The number of hydrogen-bond donors (Lipinski definition) is 0. The summed E-state index contributed by atoms with van der Waals surface area (Å²) >= 11 is 0. The van der Waals surface area contributed by atoms with Crippen LogP contribution in [0.1, 0.15) is 36.5 Å². The van der Waals surface area contributed by atoms with Gasteiger partial charge in [-0.05, 0) is 31.4 Å². The number of nitrogens with zero attached hydrogens (tertiary/aromatic N) is 4. The fraction of sp³-hybridized carbons (Fsp3) is 0.350. The van der Waals surface area contributed by atoms with Crippen LogP contribution in [0.4, 0.5) is 0 Å². The van der Waals surface area contributed by atoms with Crippen LogP contribution in [0.5, 0.6) is 0 Å². The standard InChI is InChI=1S/C20H22N4O2/c1-2-10-22-13-16(19(25)23-11-6-7-12-23)18-17(14-22)20(26)24(21-18)15-8-4-3-5-9-15/h3-5,8-9,13-14H,2,6-7,10-12H2,1H3. The maximum atomic E-state index is 13.0. The van der Waals surface area contributed by atoms with Gasteiger partial charge in [-0.25, -0.2) is 0 Å². The summed E-state index contributed by atoms with van der Waals surface area (Å²) in [6, 6.07) is 9.32. The number of para-hydroxylation sites is 1. The summed E-state index contributed by atoms with van der Waals surface area (Å²) in [6.45, 7) is 4.37. The van der Waals surface area contributed by atoms with Crippen LogP contribution < -0.4 is 5.56 Å². The molecule has 1 aromatic carbocycles. The zero-order valence-electron chi connectivity index (χ0n) is 14.9. The van der Waals surface area contributed by atoms with E-state index >= 15 is 0 Å². The Morgan fingerprint density at radius 2 is 1.85 bits per heavy atom. The third-order valence-electron chi connectivity index (χ3n) is 4.83. The maximum absolute atomic E-state index is 13.0. The number of pyridine rings is 1. The lowest BCUT2D eigenvalue weighted by Gasteiger charge is -2.18. The fourth-order valence-corrected chi connectivity index (χ4v) is 3.54. The van der Waals surface area contributed by atoms with Crippen molar-refractivity contribution in [2.75, 3.05) is 13.1 Å². The molecule has 0 saturated carbocycles. The molecule has 6 heteroatoms. The van der Waals surface area contributed by atoms with Gasteiger partial charge in [0.2, 0.25) is 0 Å². The Morgan fingerprint density at radius 1 is 1.12 bits per heavy atom. The van der Waals surface area contributed by atoms with Gasteiger partial charge >= 0.3 is 0 Å². The fourth-order valence-electron chi connectivity index (χ4n) is 3.54. The van der Waals surface area contributed by atoms with Crippen LogP contribution in [0.25, 0.3) is 16.9 Å². The summed E-state index contributed by atoms with van der Waals surface area (Å²) in [4.78, 5) is 27.8. The molecule has 3 aliphatic heterocycles. The molecule has 1 amide bonds. The number of carbonyl (C=O) groups is 1. The Hall–Kier alpha value is -2.89. The molecule has 0 atom stereocenters. The molecule has 0 radical (unpaired) electrons. The topological polar surface area (TPSA) is 60.1 Å². The molecule has 0 aliphatic carbocycles. The first-order chi connectivity index (χ1) is 12.7. The van der Waals surface area contributed by atoms with Gasteiger partial charge in [-0.2, -0.15) is 9.78 Å². The summed E-state index contributed by atoms with van der Waals surface area (Å²) < 4.78 is 3.33. The lowest BCUT2D eigenvalue weighted by atomic mass is 10.1. The predicted octanol–water partition coefficient (Wildman–Crippen LogP) is 2.78. The first-order valence-corrected chi connectivity index (χ1v) is 9.16. The van der Waals surface area contributed by atoms with Crippen molar-refractivity contribution in [1.29, 1.82) is 0 Å². The van der Waals surface area contributed by atoms with Crippen molar-refractivity contribution in [3.8, 4) is 16.9 Å². The molecule has 6 nitrogen and oxygen atoms in total. The smallest absolute Gasteiger partial charge is 0.282 e. The van der Waals surface area contributed by atoms with Crippen molar-refractivity contribution in [2.24, 2.45) is 0 Å². The highest BCUT2D eigenvalue weighted by Gasteiger charge is 2.28.